The molecular formula is C27H37N5O5S. The molecule has 0 aliphatic carbocycles. The number of nitriles is 2. The van der Waals surface area contributed by atoms with E-state index < -0.39 is 0 Å². The summed E-state index contributed by atoms with van der Waals surface area (Å²) >= 11 is 1.13. The number of anilines is 1. The Hall–Kier alpha value is -3.22. The Morgan fingerprint density at radius 2 is 1.42 bits per heavy atom. The molecule has 11 heteroatoms. The van der Waals surface area contributed by atoms with Crippen LogP contribution >= 0.6 is 11.3 Å². The second-order valence-electron chi connectivity index (χ2n) is 8.18. The summed E-state index contributed by atoms with van der Waals surface area (Å²) in [6, 6.07) is 7.80. The molecule has 0 radical (unpaired) electrons. The van der Waals surface area contributed by atoms with Crippen LogP contribution < -0.4 is 14.4 Å². The van der Waals surface area contributed by atoms with E-state index in [1.807, 2.05) is 6.07 Å². The van der Waals surface area contributed by atoms with Gasteiger partial charge in [-0.05, 0) is 25.3 Å². The molecule has 1 aromatic heterocycles. The molecule has 0 saturated heterocycles. The molecule has 0 aliphatic rings. The van der Waals surface area contributed by atoms with Gasteiger partial charge in [-0.1, -0.05) is 13.8 Å². The maximum Gasteiger partial charge on any atom is 0.158 e. The highest BCUT2D eigenvalue weighted by atomic mass is 32.1. The quantitative estimate of drug-likeness (QED) is 0.168. The SMILES string of the molecule is CCCOCCOCCN(CCOCCC)c1cc(OC)c(N=Nc2sc(C#N)c(C)c2C#N)cc1OC. The predicted molar refractivity (Wildman–Crippen MR) is 147 cm³/mol. The molecule has 1 aromatic carbocycles. The van der Waals surface area contributed by atoms with Crippen molar-refractivity contribution in [1.82, 2.24) is 0 Å². The minimum absolute atomic E-state index is 0.344. The Morgan fingerprint density at radius 1 is 0.816 bits per heavy atom. The van der Waals surface area contributed by atoms with Crippen LogP contribution in [0.3, 0.4) is 0 Å². The summed E-state index contributed by atoms with van der Waals surface area (Å²) in [5.41, 5.74) is 2.20. The number of azo groups is 1. The minimum Gasteiger partial charge on any atom is -0.494 e. The van der Waals surface area contributed by atoms with Gasteiger partial charge in [-0.2, -0.15) is 10.5 Å². The number of methoxy groups -OCH3 is 2. The average Bonchev–Trinajstić information content (AvgIpc) is 3.25. The zero-order chi connectivity index (χ0) is 27.8. The number of rotatable bonds is 18. The van der Waals surface area contributed by atoms with Crippen molar-refractivity contribution in [2.75, 3.05) is 71.9 Å². The zero-order valence-corrected chi connectivity index (χ0v) is 23.7. The van der Waals surface area contributed by atoms with E-state index in [1.165, 1.54) is 0 Å². The van der Waals surface area contributed by atoms with Crippen molar-refractivity contribution in [3.63, 3.8) is 0 Å². The third-order valence-corrected chi connectivity index (χ3v) is 6.57. The number of ether oxygens (including phenoxy) is 5. The van der Waals surface area contributed by atoms with Crippen molar-refractivity contribution in [3.05, 3.63) is 28.1 Å². The molecule has 0 N–H and O–H groups in total. The number of hydrogen-bond donors (Lipinski definition) is 0. The molecule has 0 bridgehead atoms. The van der Waals surface area contributed by atoms with Gasteiger partial charge in [0.2, 0.25) is 0 Å². The van der Waals surface area contributed by atoms with Gasteiger partial charge in [0.25, 0.3) is 0 Å². The maximum atomic E-state index is 9.50. The topological polar surface area (TPSA) is 122 Å². The molecule has 2 aromatic rings. The third kappa shape index (κ3) is 8.96. The predicted octanol–water partition coefficient (Wildman–Crippen LogP) is 5.91. The lowest BCUT2D eigenvalue weighted by molar-refractivity contribution is 0.0501. The number of hydrogen-bond acceptors (Lipinski definition) is 11. The van der Waals surface area contributed by atoms with Crippen LogP contribution in [0.5, 0.6) is 11.5 Å². The van der Waals surface area contributed by atoms with Gasteiger partial charge in [-0.3, -0.25) is 0 Å². The van der Waals surface area contributed by atoms with E-state index in [1.54, 1.807) is 27.2 Å². The molecule has 0 unspecified atom stereocenters. The van der Waals surface area contributed by atoms with Crippen LogP contribution in [0, 0.1) is 29.6 Å². The van der Waals surface area contributed by atoms with E-state index in [2.05, 4.69) is 41.1 Å². The lowest BCUT2D eigenvalue weighted by atomic mass is 10.2. The van der Waals surface area contributed by atoms with Crippen molar-refractivity contribution in [3.8, 4) is 23.6 Å². The molecule has 0 saturated carbocycles. The minimum atomic E-state index is 0.344. The van der Waals surface area contributed by atoms with Crippen LogP contribution in [0.4, 0.5) is 16.4 Å². The van der Waals surface area contributed by atoms with Crippen LogP contribution in [0.1, 0.15) is 42.7 Å². The molecule has 0 spiro atoms. The van der Waals surface area contributed by atoms with Gasteiger partial charge in [0.05, 0.1) is 51.9 Å². The van der Waals surface area contributed by atoms with Crippen LogP contribution in [-0.2, 0) is 14.2 Å². The van der Waals surface area contributed by atoms with Gasteiger partial charge in [0.15, 0.2) is 5.00 Å². The normalized spacial score (nSPS) is 10.9. The molecule has 206 valence electrons. The van der Waals surface area contributed by atoms with Gasteiger partial charge in [0.1, 0.15) is 34.2 Å². The second kappa shape index (κ2) is 17.3. The Bertz CT molecular complexity index is 1120. The molecule has 0 aliphatic heterocycles. The average molecular weight is 544 g/mol. The first-order valence-electron chi connectivity index (χ1n) is 12.6. The molecule has 38 heavy (non-hydrogen) atoms. The van der Waals surface area contributed by atoms with E-state index in [-0.39, 0.29) is 0 Å². The lowest BCUT2D eigenvalue weighted by Crippen LogP contribution is -2.31. The van der Waals surface area contributed by atoms with Crippen molar-refractivity contribution in [1.29, 1.82) is 10.5 Å². The van der Waals surface area contributed by atoms with Gasteiger partial charge in [-0.15, -0.1) is 21.6 Å². The molecule has 10 nitrogen and oxygen atoms in total. The molecular weight excluding hydrogens is 506 g/mol. The summed E-state index contributed by atoms with van der Waals surface area (Å²) < 4.78 is 28.3. The van der Waals surface area contributed by atoms with E-state index in [4.69, 9.17) is 23.7 Å². The summed E-state index contributed by atoms with van der Waals surface area (Å²) in [5.74, 6) is 1.08. The summed E-state index contributed by atoms with van der Waals surface area (Å²) in [5, 5.41) is 27.8. The van der Waals surface area contributed by atoms with Crippen LogP contribution in [0.2, 0.25) is 0 Å². The van der Waals surface area contributed by atoms with E-state index in [0.29, 0.717) is 84.3 Å². The van der Waals surface area contributed by atoms with E-state index >= 15 is 0 Å². The molecule has 0 atom stereocenters. The highest BCUT2D eigenvalue weighted by Crippen LogP contribution is 2.42. The highest BCUT2D eigenvalue weighted by molar-refractivity contribution is 7.16. The molecule has 0 amide bonds. The monoisotopic (exact) mass is 543 g/mol. The summed E-state index contributed by atoms with van der Waals surface area (Å²) in [4.78, 5) is 2.57. The first-order valence-corrected chi connectivity index (χ1v) is 13.5. The number of nitrogens with zero attached hydrogens (tertiary/aromatic N) is 5. The fourth-order valence-corrected chi connectivity index (χ4v) is 4.39. The van der Waals surface area contributed by atoms with Crippen LogP contribution in [-0.4, -0.2) is 67.0 Å². The Morgan fingerprint density at radius 3 is 1.97 bits per heavy atom. The summed E-state index contributed by atoms with van der Waals surface area (Å²) in [7, 11) is 3.15. The Kier molecular flexibility index (Phi) is 14.1. The van der Waals surface area contributed by atoms with Gasteiger partial charge in [-0.25, -0.2) is 0 Å². The number of thiophene rings is 1. The first kappa shape index (κ1) is 31.0. The summed E-state index contributed by atoms with van der Waals surface area (Å²) in [6.45, 7) is 10.7. The maximum absolute atomic E-state index is 9.50. The number of benzene rings is 1. The van der Waals surface area contributed by atoms with Crippen molar-refractivity contribution >= 4 is 27.7 Å². The van der Waals surface area contributed by atoms with Crippen molar-refractivity contribution in [2.24, 2.45) is 10.2 Å². The van der Waals surface area contributed by atoms with Gasteiger partial charge in [0, 0.05) is 38.4 Å². The van der Waals surface area contributed by atoms with E-state index in [0.717, 1.165) is 36.5 Å². The Labute approximate surface area is 229 Å². The smallest absolute Gasteiger partial charge is 0.158 e. The second-order valence-corrected chi connectivity index (χ2v) is 9.18. The van der Waals surface area contributed by atoms with Crippen molar-refractivity contribution < 1.29 is 23.7 Å². The Balaban J connectivity index is 2.29. The molecule has 2 rings (SSSR count). The van der Waals surface area contributed by atoms with Crippen LogP contribution in [0.25, 0.3) is 0 Å². The standard InChI is InChI=1S/C27H37N5O5S/c1-6-10-35-12-8-32(9-13-37-15-14-36-11-7-2)23-17-24(33-4)22(16-25(23)34-5)30-31-27-21(18-28)20(3)26(19-29)38-27/h16-17H,6-15H2,1-5H3. The molecule has 0 fully saturated rings. The largest absolute Gasteiger partial charge is 0.494 e. The molecule has 1 heterocycles. The van der Waals surface area contributed by atoms with Gasteiger partial charge < -0.3 is 28.6 Å². The zero-order valence-electron chi connectivity index (χ0n) is 22.9. The fraction of sp³-hybridized carbons (Fsp3) is 0.556. The first-order chi connectivity index (χ1) is 18.5. The van der Waals surface area contributed by atoms with Crippen molar-refractivity contribution in [2.45, 2.75) is 33.6 Å². The fourth-order valence-electron chi connectivity index (χ4n) is 3.51. The lowest BCUT2D eigenvalue weighted by Gasteiger charge is -2.27. The van der Waals surface area contributed by atoms with E-state index in [9.17, 15) is 10.5 Å². The highest BCUT2D eigenvalue weighted by Gasteiger charge is 2.19. The summed E-state index contributed by atoms with van der Waals surface area (Å²) in [6.07, 6.45) is 1.93. The third-order valence-electron chi connectivity index (χ3n) is 5.49. The van der Waals surface area contributed by atoms with Gasteiger partial charge >= 0.3 is 0 Å². The van der Waals surface area contributed by atoms with Crippen LogP contribution in [0.15, 0.2) is 22.4 Å².